The molecule has 2 aromatic carbocycles. The van der Waals surface area contributed by atoms with Crippen LogP contribution in [0.1, 0.15) is 35.4 Å². The first-order valence-corrected chi connectivity index (χ1v) is 13.0. The second kappa shape index (κ2) is 9.72. The lowest BCUT2D eigenvalue weighted by Crippen LogP contribution is -2.43. The summed E-state index contributed by atoms with van der Waals surface area (Å²) in [4.78, 5) is 15.3. The zero-order valence-electron chi connectivity index (χ0n) is 20.2. The lowest BCUT2D eigenvalue weighted by atomic mass is 9.96. The van der Waals surface area contributed by atoms with Crippen molar-refractivity contribution >= 4 is 15.9 Å². The van der Waals surface area contributed by atoms with Gasteiger partial charge in [-0.15, -0.1) is 0 Å². The number of aryl methyl sites for hydroxylation is 2. The number of amides is 1. The van der Waals surface area contributed by atoms with Crippen molar-refractivity contribution < 1.29 is 13.2 Å². The summed E-state index contributed by atoms with van der Waals surface area (Å²) in [5, 5.41) is 4.68. The summed E-state index contributed by atoms with van der Waals surface area (Å²) in [5.41, 5.74) is 4.97. The molecular weight excluding hydrogens is 448 g/mol. The minimum atomic E-state index is -3.53. The highest BCUT2D eigenvalue weighted by molar-refractivity contribution is 7.89. The van der Waals surface area contributed by atoms with Gasteiger partial charge in [0, 0.05) is 43.9 Å². The van der Waals surface area contributed by atoms with E-state index in [2.05, 4.69) is 5.10 Å². The van der Waals surface area contributed by atoms with Gasteiger partial charge in [0.2, 0.25) is 15.9 Å². The Labute approximate surface area is 202 Å². The Morgan fingerprint density at radius 3 is 2.24 bits per heavy atom. The van der Waals surface area contributed by atoms with Crippen LogP contribution in [0.2, 0.25) is 0 Å². The largest absolute Gasteiger partial charge is 0.341 e. The van der Waals surface area contributed by atoms with Crippen LogP contribution in [0.5, 0.6) is 0 Å². The second-order valence-electron chi connectivity index (χ2n) is 9.08. The first kappa shape index (κ1) is 24.2. The van der Waals surface area contributed by atoms with Gasteiger partial charge in [0.25, 0.3) is 0 Å². The number of rotatable bonds is 6. The molecule has 7 nitrogen and oxygen atoms in total. The fourth-order valence-electron chi connectivity index (χ4n) is 4.55. The highest BCUT2D eigenvalue weighted by Gasteiger charge is 2.33. The van der Waals surface area contributed by atoms with Crippen LogP contribution in [-0.4, -0.2) is 53.4 Å². The van der Waals surface area contributed by atoms with Gasteiger partial charge in [-0.2, -0.15) is 9.40 Å². The van der Waals surface area contributed by atoms with E-state index in [4.69, 9.17) is 0 Å². The normalized spacial score (nSPS) is 15.4. The van der Waals surface area contributed by atoms with Gasteiger partial charge in [-0.3, -0.25) is 4.79 Å². The maximum absolute atomic E-state index is 13.2. The summed E-state index contributed by atoms with van der Waals surface area (Å²) in [6.07, 6.45) is 1.05. The molecule has 8 heteroatoms. The molecule has 34 heavy (non-hydrogen) atoms. The third-order valence-electron chi connectivity index (χ3n) is 6.68. The number of nitrogens with zero attached hydrogens (tertiary/aromatic N) is 4. The Balaban J connectivity index is 1.40. The summed E-state index contributed by atoms with van der Waals surface area (Å²) in [5.74, 6) is -0.127. The molecule has 0 spiro atoms. The maximum atomic E-state index is 13.2. The van der Waals surface area contributed by atoms with Crippen molar-refractivity contribution in [3.8, 4) is 5.69 Å². The van der Waals surface area contributed by atoms with Crippen LogP contribution in [0.4, 0.5) is 0 Å². The van der Waals surface area contributed by atoms with Crippen molar-refractivity contribution in [1.82, 2.24) is 19.0 Å². The average Bonchev–Trinajstić information content (AvgIpc) is 3.12. The number of carbonyl (C=O) groups is 1. The Hall–Kier alpha value is -2.97. The predicted octanol–water partition coefficient (Wildman–Crippen LogP) is 3.86. The molecule has 1 aromatic heterocycles. The van der Waals surface area contributed by atoms with Gasteiger partial charge >= 0.3 is 0 Å². The third-order valence-corrected chi connectivity index (χ3v) is 8.59. The van der Waals surface area contributed by atoms with Crippen molar-refractivity contribution in [3.63, 3.8) is 0 Å². The van der Waals surface area contributed by atoms with Crippen molar-refractivity contribution in [2.75, 3.05) is 20.1 Å². The number of hydrogen-bond acceptors (Lipinski definition) is 4. The summed E-state index contributed by atoms with van der Waals surface area (Å²) in [6.45, 7) is 7.10. The van der Waals surface area contributed by atoms with Crippen LogP contribution in [0.15, 0.2) is 59.5 Å². The van der Waals surface area contributed by atoms with Gasteiger partial charge in [-0.1, -0.05) is 35.9 Å². The number of piperidine rings is 1. The molecule has 180 valence electrons. The van der Waals surface area contributed by atoms with Gasteiger partial charge in [0.1, 0.15) is 0 Å². The predicted molar refractivity (Wildman–Crippen MR) is 132 cm³/mol. The second-order valence-corrected chi connectivity index (χ2v) is 11.0. The van der Waals surface area contributed by atoms with Crippen LogP contribution in [0.25, 0.3) is 5.69 Å². The molecule has 1 amide bonds. The van der Waals surface area contributed by atoms with E-state index in [-0.39, 0.29) is 11.8 Å². The molecule has 1 saturated heterocycles. The molecule has 0 bridgehead atoms. The lowest BCUT2D eigenvalue weighted by Gasteiger charge is -2.32. The standard InChI is InChI=1S/C26H32N4O3S/c1-19-10-12-24(13-11-19)34(32,33)29-16-14-22(15-17-29)26(31)28(4)18-25-20(2)27-30(21(25)3)23-8-6-5-7-9-23/h5-13,22H,14-18H2,1-4H3. The number of benzene rings is 2. The summed E-state index contributed by atoms with van der Waals surface area (Å²) in [6, 6.07) is 16.9. The van der Waals surface area contributed by atoms with Crippen molar-refractivity contribution in [2.24, 2.45) is 5.92 Å². The highest BCUT2D eigenvalue weighted by Crippen LogP contribution is 2.26. The Morgan fingerprint density at radius 1 is 1.00 bits per heavy atom. The van der Waals surface area contributed by atoms with Crippen molar-refractivity contribution in [3.05, 3.63) is 77.1 Å². The molecule has 0 atom stereocenters. The zero-order valence-corrected chi connectivity index (χ0v) is 21.0. The first-order chi connectivity index (χ1) is 16.2. The van der Waals surface area contributed by atoms with Gasteiger partial charge in [0.15, 0.2) is 0 Å². The maximum Gasteiger partial charge on any atom is 0.243 e. The fourth-order valence-corrected chi connectivity index (χ4v) is 6.02. The molecular formula is C26H32N4O3S. The number of aromatic nitrogens is 2. The van der Waals surface area contributed by atoms with Crippen LogP contribution in [0, 0.1) is 26.7 Å². The smallest absolute Gasteiger partial charge is 0.243 e. The van der Waals surface area contributed by atoms with E-state index in [0.717, 1.165) is 28.2 Å². The molecule has 0 aliphatic carbocycles. The van der Waals surface area contributed by atoms with Gasteiger partial charge in [-0.05, 0) is 57.9 Å². The molecule has 3 aromatic rings. The number of hydrogen-bond donors (Lipinski definition) is 0. The summed E-state index contributed by atoms with van der Waals surface area (Å²) < 4.78 is 29.3. The van der Waals surface area contributed by atoms with E-state index in [1.165, 1.54) is 4.31 Å². The van der Waals surface area contributed by atoms with E-state index in [9.17, 15) is 13.2 Å². The minimum Gasteiger partial charge on any atom is -0.341 e. The van der Waals surface area contributed by atoms with E-state index in [1.54, 1.807) is 17.0 Å². The Kier molecular flexibility index (Phi) is 6.91. The van der Waals surface area contributed by atoms with E-state index in [0.29, 0.717) is 37.4 Å². The van der Waals surface area contributed by atoms with E-state index >= 15 is 0 Å². The van der Waals surface area contributed by atoms with Crippen molar-refractivity contribution in [1.29, 1.82) is 0 Å². The van der Waals surface area contributed by atoms with Gasteiger partial charge in [-0.25, -0.2) is 13.1 Å². The lowest BCUT2D eigenvalue weighted by molar-refractivity contribution is -0.135. The zero-order chi connectivity index (χ0) is 24.5. The highest BCUT2D eigenvalue weighted by atomic mass is 32.2. The molecule has 4 rings (SSSR count). The first-order valence-electron chi connectivity index (χ1n) is 11.6. The van der Waals surface area contributed by atoms with Crippen LogP contribution >= 0.6 is 0 Å². The molecule has 2 heterocycles. The van der Waals surface area contributed by atoms with Crippen LogP contribution < -0.4 is 0 Å². The van der Waals surface area contributed by atoms with E-state index < -0.39 is 10.0 Å². The molecule has 1 aliphatic rings. The van der Waals surface area contributed by atoms with E-state index in [1.807, 2.05) is 75.0 Å². The van der Waals surface area contributed by atoms with Gasteiger partial charge in [0.05, 0.1) is 16.3 Å². The van der Waals surface area contributed by atoms with Crippen molar-refractivity contribution in [2.45, 2.75) is 45.1 Å². The summed E-state index contributed by atoms with van der Waals surface area (Å²) in [7, 11) is -1.72. The topological polar surface area (TPSA) is 75.5 Å². The monoisotopic (exact) mass is 480 g/mol. The third kappa shape index (κ3) is 4.79. The van der Waals surface area contributed by atoms with Gasteiger partial charge < -0.3 is 4.90 Å². The minimum absolute atomic E-state index is 0.0543. The average molecular weight is 481 g/mol. The summed E-state index contributed by atoms with van der Waals surface area (Å²) >= 11 is 0. The molecule has 0 radical (unpaired) electrons. The van der Waals surface area contributed by atoms with Crippen LogP contribution in [0.3, 0.4) is 0 Å². The Morgan fingerprint density at radius 2 is 1.62 bits per heavy atom. The Bertz CT molecular complexity index is 1260. The molecule has 0 saturated carbocycles. The number of carbonyl (C=O) groups excluding carboxylic acids is 1. The SMILES string of the molecule is Cc1ccc(S(=O)(=O)N2CCC(C(=O)N(C)Cc3c(C)nn(-c4ccccc4)c3C)CC2)cc1. The molecule has 1 aliphatic heterocycles. The quantitative estimate of drug-likeness (QED) is 0.537. The fraction of sp³-hybridized carbons (Fsp3) is 0.385. The number of sulfonamides is 1. The van der Waals surface area contributed by atoms with Crippen LogP contribution in [-0.2, 0) is 21.4 Å². The molecule has 0 N–H and O–H groups in total. The molecule has 1 fully saturated rings. The molecule has 0 unspecified atom stereocenters. The number of para-hydroxylation sites is 1.